The summed E-state index contributed by atoms with van der Waals surface area (Å²) in [5, 5.41) is 9.47. The van der Waals surface area contributed by atoms with Crippen molar-refractivity contribution in [1.29, 1.82) is 0 Å². The zero-order valence-electron chi connectivity index (χ0n) is 10.9. The van der Waals surface area contributed by atoms with Gasteiger partial charge in [-0.2, -0.15) is 0 Å². The van der Waals surface area contributed by atoms with Crippen LogP contribution in [0.3, 0.4) is 0 Å². The van der Waals surface area contributed by atoms with Crippen LogP contribution in [0.2, 0.25) is 0 Å². The van der Waals surface area contributed by atoms with Gasteiger partial charge in [0.2, 0.25) is 0 Å². The number of hydrogen-bond donors (Lipinski definition) is 1. The second kappa shape index (κ2) is 4.88. The Morgan fingerprint density at radius 2 is 1.94 bits per heavy atom. The summed E-state index contributed by atoms with van der Waals surface area (Å²) in [5.74, 6) is 0.883. The van der Waals surface area contributed by atoms with E-state index in [2.05, 4.69) is 13.0 Å². The molecule has 1 aromatic rings. The first-order chi connectivity index (χ1) is 7.38. The molecule has 16 heavy (non-hydrogen) atoms. The number of aliphatic hydroxyl groups excluding tert-OH is 1. The van der Waals surface area contributed by atoms with Crippen LogP contribution >= 0.6 is 0 Å². The molecule has 0 aliphatic heterocycles. The van der Waals surface area contributed by atoms with E-state index in [1.165, 1.54) is 0 Å². The Morgan fingerprint density at radius 3 is 2.44 bits per heavy atom. The smallest absolute Gasteiger partial charge is 0.123 e. The molecule has 0 bridgehead atoms. The van der Waals surface area contributed by atoms with Gasteiger partial charge in [-0.05, 0) is 32.4 Å². The minimum Gasteiger partial charge on any atom is -0.491 e. The Labute approximate surface area is 98.3 Å². The molecule has 0 fully saturated rings. The summed E-state index contributed by atoms with van der Waals surface area (Å²) in [6.45, 7) is 10.3. The van der Waals surface area contributed by atoms with E-state index in [9.17, 15) is 5.11 Å². The lowest BCUT2D eigenvalue weighted by Crippen LogP contribution is -2.25. The van der Waals surface area contributed by atoms with Crippen molar-refractivity contribution in [3.8, 4) is 5.75 Å². The standard InChI is InChI=1S/C14H22O2/c1-10(2)16-12-8-6-7-11(3)13(12)14(4,5)9-15/h6-8,10,15H,9H2,1-5H3. The summed E-state index contributed by atoms with van der Waals surface area (Å²) < 4.78 is 5.80. The van der Waals surface area contributed by atoms with Gasteiger partial charge in [-0.1, -0.05) is 26.0 Å². The molecule has 0 saturated heterocycles. The molecule has 2 heteroatoms. The number of aliphatic hydroxyl groups is 1. The SMILES string of the molecule is Cc1cccc(OC(C)C)c1C(C)(C)CO. The quantitative estimate of drug-likeness (QED) is 0.848. The predicted molar refractivity (Wildman–Crippen MR) is 67.1 cm³/mol. The third-order valence-electron chi connectivity index (χ3n) is 2.67. The molecule has 0 aliphatic rings. The Hall–Kier alpha value is -1.02. The van der Waals surface area contributed by atoms with Crippen molar-refractivity contribution in [3.05, 3.63) is 29.3 Å². The van der Waals surface area contributed by atoms with Crippen molar-refractivity contribution >= 4 is 0 Å². The first kappa shape index (κ1) is 13.0. The molecule has 0 amide bonds. The topological polar surface area (TPSA) is 29.5 Å². The van der Waals surface area contributed by atoms with E-state index >= 15 is 0 Å². The van der Waals surface area contributed by atoms with Gasteiger partial charge in [0.1, 0.15) is 5.75 Å². The Balaban J connectivity index is 3.23. The maximum Gasteiger partial charge on any atom is 0.123 e. The number of rotatable bonds is 4. The van der Waals surface area contributed by atoms with Crippen molar-refractivity contribution in [2.24, 2.45) is 0 Å². The van der Waals surface area contributed by atoms with E-state index in [0.717, 1.165) is 16.9 Å². The highest BCUT2D eigenvalue weighted by atomic mass is 16.5. The van der Waals surface area contributed by atoms with Gasteiger partial charge in [0.05, 0.1) is 12.7 Å². The van der Waals surface area contributed by atoms with E-state index in [4.69, 9.17) is 4.74 Å². The van der Waals surface area contributed by atoms with E-state index in [-0.39, 0.29) is 18.1 Å². The Kier molecular flexibility index (Phi) is 3.98. The zero-order chi connectivity index (χ0) is 12.3. The van der Waals surface area contributed by atoms with Crippen molar-refractivity contribution in [2.45, 2.75) is 46.1 Å². The van der Waals surface area contributed by atoms with Gasteiger partial charge >= 0.3 is 0 Å². The van der Waals surface area contributed by atoms with Crippen LogP contribution in [0, 0.1) is 6.92 Å². The van der Waals surface area contributed by atoms with Crippen molar-refractivity contribution < 1.29 is 9.84 Å². The summed E-state index contributed by atoms with van der Waals surface area (Å²) in [6.07, 6.45) is 0.148. The Bertz CT molecular complexity index is 354. The lowest BCUT2D eigenvalue weighted by molar-refractivity contribution is 0.201. The molecule has 2 nitrogen and oxygen atoms in total. The second-order valence-corrected chi connectivity index (χ2v) is 5.16. The lowest BCUT2D eigenvalue weighted by Gasteiger charge is -2.28. The molecule has 1 N–H and O–H groups in total. The largest absolute Gasteiger partial charge is 0.491 e. The van der Waals surface area contributed by atoms with Crippen molar-refractivity contribution in [1.82, 2.24) is 0 Å². The van der Waals surface area contributed by atoms with Crippen LogP contribution in [0.1, 0.15) is 38.8 Å². The van der Waals surface area contributed by atoms with Crippen molar-refractivity contribution in [3.63, 3.8) is 0 Å². The maximum atomic E-state index is 9.47. The highest BCUT2D eigenvalue weighted by molar-refractivity contribution is 5.44. The van der Waals surface area contributed by atoms with Crippen LogP contribution in [0.15, 0.2) is 18.2 Å². The van der Waals surface area contributed by atoms with Gasteiger partial charge < -0.3 is 9.84 Å². The van der Waals surface area contributed by atoms with Gasteiger partial charge in [-0.25, -0.2) is 0 Å². The molecule has 0 saturated carbocycles. The lowest BCUT2D eigenvalue weighted by atomic mass is 9.82. The first-order valence-electron chi connectivity index (χ1n) is 5.76. The van der Waals surface area contributed by atoms with Gasteiger partial charge in [-0.15, -0.1) is 0 Å². The van der Waals surface area contributed by atoms with Crippen LogP contribution in [0.5, 0.6) is 5.75 Å². The number of benzene rings is 1. The van der Waals surface area contributed by atoms with E-state index in [1.807, 2.05) is 39.8 Å². The maximum absolute atomic E-state index is 9.47. The van der Waals surface area contributed by atoms with E-state index in [1.54, 1.807) is 0 Å². The molecule has 0 spiro atoms. The third-order valence-corrected chi connectivity index (χ3v) is 2.67. The average molecular weight is 222 g/mol. The molecule has 0 unspecified atom stereocenters. The molecule has 1 aromatic carbocycles. The van der Waals surface area contributed by atoms with Crippen LogP contribution in [0.25, 0.3) is 0 Å². The normalized spacial score (nSPS) is 11.9. The second-order valence-electron chi connectivity index (χ2n) is 5.16. The number of aryl methyl sites for hydroxylation is 1. The molecular weight excluding hydrogens is 200 g/mol. The minimum atomic E-state index is -0.268. The van der Waals surface area contributed by atoms with Gasteiger partial charge in [0, 0.05) is 11.0 Å². The fourth-order valence-electron chi connectivity index (χ4n) is 1.94. The zero-order valence-corrected chi connectivity index (χ0v) is 10.9. The minimum absolute atomic E-state index is 0.117. The highest BCUT2D eigenvalue weighted by Crippen LogP contribution is 2.34. The van der Waals surface area contributed by atoms with E-state index < -0.39 is 0 Å². The van der Waals surface area contributed by atoms with Crippen molar-refractivity contribution in [2.75, 3.05) is 6.61 Å². The molecule has 0 aromatic heterocycles. The predicted octanol–water partition coefficient (Wildman–Crippen LogP) is 3.05. The number of hydrogen-bond acceptors (Lipinski definition) is 2. The van der Waals surface area contributed by atoms with Gasteiger partial charge in [0.15, 0.2) is 0 Å². The molecular formula is C14H22O2. The molecule has 0 atom stereocenters. The van der Waals surface area contributed by atoms with Crippen LogP contribution < -0.4 is 4.74 Å². The molecule has 90 valence electrons. The van der Waals surface area contributed by atoms with Crippen LogP contribution in [-0.4, -0.2) is 17.8 Å². The summed E-state index contributed by atoms with van der Waals surface area (Å²) in [6, 6.07) is 6.02. The molecule has 0 radical (unpaired) electrons. The Morgan fingerprint density at radius 1 is 1.31 bits per heavy atom. The van der Waals surface area contributed by atoms with Crippen LogP contribution in [-0.2, 0) is 5.41 Å². The molecule has 0 heterocycles. The van der Waals surface area contributed by atoms with Crippen LogP contribution in [0.4, 0.5) is 0 Å². The highest BCUT2D eigenvalue weighted by Gasteiger charge is 2.25. The summed E-state index contributed by atoms with van der Waals surface area (Å²) in [7, 11) is 0. The monoisotopic (exact) mass is 222 g/mol. The third kappa shape index (κ3) is 2.76. The summed E-state index contributed by atoms with van der Waals surface area (Å²) >= 11 is 0. The fraction of sp³-hybridized carbons (Fsp3) is 0.571. The molecule has 1 rings (SSSR count). The summed E-state index contributed by atoms with van der Waals surface area (Å²) in [4.78, 5) is 0. The van der Waals surface area contributed by atoms with Gasteiger partial charge in [-0.3, -0.25) is 0 Å². The van der Waals surface area contributed by atoms with E-state index in [0.29, 0.717) is 0 Å². The fourth-order valence-corrected chi connectivity index (χ4v) is 1.94. The van der Waals surface area contributed by atoms with Gasteiger partial charge in [0.25, 0.3) is 0 Å². The molecule has 0 aliphatic carbocycles. The summed E-state index contributed by atoms with van der Waals surface area (Å²) in [5.41, 5.74) is 2.00. The first-order valence-corrected chi connectivity index (χ1v) is 5.76. The average Bonchev–Trinajstić information content (AvgIpc) is 2.16. The number of ether oxygens (including phenoxy) is 1.